The number of anilines is 1. The zero-order valence-corrected chi connectivity index (χ0v) is 16.2. The molecule has 0 bridgehead atoms. The van der Waals surface area contributed by atoms with Gasteiger partial charge in [0.2, 0.25) is 5.95 Å². The number of carbonyl (C=O) groups is 1. The van der Waals surface area contributed by atoms with E-state index in [4.69, 9.17) is 4.74 Å². The van der Waals surface area contributed by atoms with Gasteiger partial charge in [-0.3, -0.25) is 9.48 Å². The zero-order chi connectivity index (χ0) is 19.0. The second kappa shape index (κ2) is 7.03. The maximum Gasteiger partial charge on any atom is 0.270 e. The first-order valence-corrected chi connectivity index (χ1v) is 8.77. The average Bonchev–Trinajstić information content (AvgIpc) is 2.88. The molecule has 3 heterocycles. The van der Waals surface area contributed by atoms with Gasteiger partial charge < -0.3 is 15.0 Å². The Morgan fingerprint density at radius 2 is 2.12 bits per heavy atom. The van der Waals surface area contributed by atoms with E-state index in [0.29, 0.717) is 24.6 Å². The molecule has 8 nitrogen and oxygen atoms in total. The Kier molecular flexibility index (Phi) is 4.95. The predicted molar refractivity (Wildman–Crippen MR) is 98.1 cm³/mol. The fourth-order valence-electron chi connectivity index (χ4n) is 3.31. The number of rotatable bonds is 4. The Bertz CT molecular complexity index is 829. The minimum absolute atomic E-state index is 0.0698. The quantitative estimate of drug-likeness (QED) is 0.892. The topological polar surface area (TPSA) is 85.2 Å². The molecule has 2 aromatic rings. The monoisotopic (exact) mass is 358 g/mol. The normalized spacial score (nSPS) is 19.2. The summed E-state index contributed by atoms with van der Waals surface area (Å²) in [5.74, 6) is 0.483. The molecule has 2 atom stereocenters. The third-order valence-electron chi connectivity index (χ3n) is 4.43. The van der Waals surface area contributed by atoms with Gasteiger partial charge in [-0.2, -0.15) is 5.10 Å². The summed E-state index contributed by atoms with van der Waals surface area (Å²) in [6.07, 6.45) is 0.655. The van der Waals surface area contributed by atoms with Crippen molar-refractivity contribution in [1.29, 1.82) is 0 Å². The Morgan fingerprint density at radius 1 is 1.38 bits per heavy atom. The number of nitrogens with one attached hydrogen (secondary N) is 1. The first kappa shape index (κ1) is 18.3. The lowest BCUT2D eigenvalue weighted by molar-refractivity contribution is -0.00710. The molecule has 0 radical (unpaired) electrons. The smallest absolute Gasteiger partial charge is 0.270 e. The zero-order valence-electron chi connectivity index (χ0n) is 16.2. The van der Waals surface area contributed by atoms with Crippen LogP contribution in [0.3, 0.4) is 0 Å². The van der Waals surface area contributed by atoms with Crippen molar-refractivity contribution in [2.75, 3.05) is 19.0 Å². The van der Waals surface area contributed by atoms with Gasteiger partial charge in [-0.15, -0.1) is 0 Å². The SMILES string of the molecule is Cc1cc(CNC(=O)c2c3c(nn2C)[C@H](C)O[C@H](C)C3)nc(N(C)C)n1. The van der Waals surface area contributed by atoms with Crippen molar-refractivity contribution in [3.8, 4) is 0 Å². The summed E-state index contributed by atoms with van der Waals surface area (Å²) in [7, 11) is 5.58. The lowest BCUT2D eigenvalue weighted by Gasteiger charge is -2.24. The second-order valence-corrected chi connectivity index (χ2v) is 7.01. The van der Waals surface area contributed by atoms with Gasteiger partial charge in [-0.05, 0) is 26.8 Å². The molecule has 1 aliphatic rings. The first-order valence-electron chi connectivity index (χ1n) is 8.77. The molecule has 0 fully saturated rings. The molecule has 0 aromatic carbocycles. The molecular formula is C18H26N6O2. The van der Waals surface area contributed by atoms with Gasteiger partial charge in [-0.25, -0.2) is 9.97 Å². The van der Waals surface area contributed by atoms with Crippen molar-refractivity contribution in [2.45, 2.75) is 45.9 Å². The molecule has 0 spiro atoms. The second-order valence-electron chi connectivity index (χ2n) is 7.01. The number of aromatic nitrogens is 4. The van der Waals surface area contributed by atoms with Crippen LogP contribution in [0.1, 0.15) is 53.1 Å². The van der Waals surface area contributed by atoms with E-state index in [1.54, 1.807) is 11.7 Å². The van der Waals surface area contributed by atoms with E-state index in [2.05, 4.69) is 20.4 Å². The van der Waals surface area contributed by atoms with E-state index in [1.807, 2.05) is 45.8 Å². The molecule has 3 rings (SSSR count). The highest BCUT2D eigenvalue weighted by Gasteiger charge is 2.31. The largest absolute Gasteiger partial charge is 0.369 e. The van der Waals surface area contributed by atoms with Crippen LogP contribution in [0.15, 0.2) is 6.07 Å². The van der Waals surface area contributed by atoms with Crippen molar-refractivity contribution >= 4 is 11.9 Å². The average molecular weight is 358 g/mol. The number of carbonyl (C=O) groups excluding carboxylic acids is 1. The van der Waals surface area contributed by atoms with Gasteiger partial charge in [0.05, 0.1) is 30.1 Å². The maximum absolute atomic E-state index is 12.8. The van der Waals surface area contributed by atoms with Crippen LogP contribution < -0.4 is 10.2 Å². The van der Waals surface area contributed by atoms with Crippen molar-refractivity contribution in [3.05, 3.63) is 34.4 Å². The van der Waals surface area contributed by atoms with E-state index in [-0.39, 0.29) is 18.1 Å². The summed E-state index contributed by atoms with van der Waals surface area (Å²) in [6.45, 7) is 6.24. The third-order valence-corrected chi connectivity index (χ3v) is 4.43. The molecule has 26 heavy (non-hydrogen) atoms. The highest BCUT2D eigenvalue weighted by Crippen LogP contribution is 2.31. The fourth-order valence-corrected chi connectivity index (χ4v) is 3.31. The lowest BCUT2D eigenvalue weighted by atomic mass is 9.99. The van der Waals surface area contributed by atoms with Crippen molar-refractivity contribution in [3.63, 3.8) is 0 Å². The number of fused-ring (bicyclic) bond motifs is 1. The summed E-state index contributed by atoms with van der Waals surface area (Å²) >= 11 is 0. The van der Waals surface area contributed by atoms with Crippen LogP contribution in [0.5, 0.6) is 0 Å². The molecule has 0 saturated heterocycles. The number of hydrogen-bond acceptors (Lipinski definition) is 6. The molecule has 2 aromatic heterocycles. The fraction of sp³-hybridized carbons (Fsp3) is 0.556. The van der Waals surface area contributed by atoms with Crippen LogP contribution in [0.25, 0.3) is 0 Å². The molecule has 140 valence electrons. The van der Waals surface area contributed by atoms with Crippen LogP contribution in [-0.4, -0.2) is 45.9 Å². The van der Waals surface area contributed by atoms with Crippen molar-refractivity contribution in [1.82, 2.24) is 25.1 Å². The summed E-state index contributed by atoms with van der Waals surface area (Å²) < 4.78 is 7.46. The molecule has 0 aliphatic carbocycles. The van der Waals surface area contributed by atoms with E-state index < -0.39 is 0 Å². The number of hydrogen-bond donors (Lipinski definition) is 1. The Morgan fingerprint density at radius 3 is 2.81 bits per heavy atom. The molecule has 1 amide bonds. The molecule has 0 unspecified atom stereocenters. The van der Waals surface area contributed by atoms with E-state index in [9.17, 15) is 4.79 Å². The van der Waals surface area contributed by atoms with E-state index in [1.165, 1.54) is 0 Å². The van der Waals surface area contributed by atoms with Gasteiger partial charge in [0.1, 0.15) is 5.69 Å². The highest BCUT2D eigenvalue weighted by atomic mass is 16.5. The number of nitrogens with zero attached hydrogens (tertiary/aromatic N) is 5. The molecule has 1 N–H and O–H groups in total. The van der Waals surface area contributed by atoms with Crippen molar-refractivity contribution < 1.29 is 9.53 Å². The van der Waals surface area contributed by atoms with Gasteiger partial charge >= 0.3 is 0 Å². The van der Waals surface area contributed by atoms with Crippen LogP contribution in [0, 0.1) is 6.92 Å². The highest BCUT2D eigenvalue weighted by molar-refractivity contribution is 5.94. The van der Waals surface area contributed by atoms with Crippen molar-refractivity contribution in [2.24, 2.45) is 7.05 Å². The Labute approximate surface area is 153 Å². The van der Waals surface area contributed by atoms with Gasteiger partial charge in [-0.1, -0.05) is 0 Å². The lowest BCUT2D eigenvalue weighted by Crippen LogP contribution is -2.29. The van der Waals surface area contributed by atoms with Crippen LogP contribution in [0.2, 0.25) is 0 Å². The number of aryl methyl sites for hydroxylation is 2. The molecule has 0 saturated carbocycles. The Balaban J connectivity index is 1.80. The third kappa shape index (κ3) is 3.55. The van der Waals surface area contributed by atoms with Crippen LogP contribution >= 0.6 is 0 Å². The maximum atomic E-state index is 12.8. The van der Waals surface area contributed by atoms with Crippen LogP contribution in [0.4, 0.5) is 5.95 Å². The van der Waals surface area contributed by atoms with Gasteiger partial charge in [0.15, 0.2) is 0 Å². The summed E-state index contributed by atoms with van der Waals surface area (Å²) in [4.78, 5) is 23.5. The van der Waals surface area contributed by atoms with E-state index in [0.717, 1.165) is 22.6 Å². The summed E-state index contributed by atoms with van der Waals surface area (Å²) in [5, 5.41) is 7.46. The van der Waals surface area contributed by atoms with Crippen LogP contribution in [-0.2, 0) is 24.8 Å². The van der Waals surface area contributed by atoms with Gasteiger partial charge in [0.25, 0.3) is 5.91 Å². The minimum atomic E-state index is -0.148. The van der Waals surface area contributed by atoms with Gasteiger partial charge in [0, 0.05) is 38.8 Å². The van der Waals surface area contributed by atoms with E-state index >= 15 is 0 Å². The molecule has 1 aliphatic heterocycles. The molecule has 8 heteroatoms. The number of ether oxygens (including phenoxy) is 1. The molecular weight excluding hydrogens is 332 g/mol. The predicted octanol–water partition coefficient (Wildman–Crippen LogP) is 1.54. The number of amides is 1. The summed E-state index contributed by atoms with van der Waals surface area (Å²) in [5.41, 5.74) is 4.06. The standard InChI is InChI=1S/C18H26N6O2/c1-10-7-13(21-18(20-10)23(4)5)9-19-17(25)16-14-8-11(2)26-12(3)15(14)22-24(16)6/h7,11-12H,8-9H2,1-6H3,(H,19,25)/t11-,12+/m1/s1. The Hall–Kier alpha value is -2.48. The first-order chi connectivity index (χ1) is 12.3. The summed E-state index contributed by atoms with van der Waals surface area (Å²) in [6, 6.07) is 1.88. The minimum Gasteiger partial charge on any atom is -0.369 e.